The molecular weight excluding hydrogens is 444 g/mol. The van der Waals surface area contributed by atoms with Crippen LogP contribution >= 0.6 is 0 Å². The maximum Gasteiger partial charge on any atom is 0.230 e. The van der Waals surface area contributed by atoms with Gasteiger partial charge in [0.25, 0.3) is 0 Å². The summed E-state index contributed by atoms with van der Waals surface area (Å²) in [6.45, 7) is 13.0. The molecule has 0 fully saturated rings. The van der Waals surface area contributed by atoms with E-state index < -0.39 is 5.41 Å². The molecule has 7 nitrogen and oxygen atoms in total. The monoisotopic (exact) mass is 482 g/mol. The van der Waals surface area contributed by atoms with Crippen molar-refractivity contribution in [1.82, 2.24) is 0 Å². The van der Waals surface area contributed by atoms with Crippen LogP contribution in [0.4, 0.5) is 5.69 Å². The van der Waals surface area contributed by atoms with Crippen molar-refractivity contribution >= 4 is 17.5 Å². The van der Waals surface area contributed by atoms with Gasteiger partial charge in [-0.3, -0.25) is 4.79 Å². The average molecular weight is 483 g/mol. The molecule has 0 aliphatic carbocycles. The largest absolute Gasteiger partial charge is 0.496 e. The highest BCUT2D eigenvalue weighted by Gasteiger charge is 2.31. The Kier molecular flexibility index (Phi) is 7.98. The molecule has 7 heteroatoms. The van der Waals surface area contributed by atoms with E-state index in [0.29, 0.717) is 48.3 Å². The van der Waals surface area contributed by atoms with Crippen LogP contribution in [0.1, 0.15) is 57.2 Å². The molecule has 0 unspecified atom stereocenters. The molecule has 3 rings (SSSR count). The summed E-state index contributed by atoms with van der Waals surface area (Å²) in [5, 5.41) is 3.04. The first-order valence-corrected chi connectivity index (χ1v) is 12.0. The third kappa shape index (κ3) is 6.47. The van der Waals surface area contributed by atoms with Crippen LogP contribution in [0, 0.1) is 19.3 Å². The van der Waals surface area contributed by atoms with E-state index in [1.165, 1.54) is 0 Å². The lowest BCUT2D eigenvalue weighted by molar-refractivity contribution is -0.124. The molecule has 1 aliphatic rings. The lowest BCUT2D eigenvalue weighted by atomic mass is 9.86. The molecule has 2 aromatic rings. The van der Waals surface area contributed by atoms with Crippen LogP contribution in [-0.4, -0.2) is 44.8 Å². The number of methoxy groups -OCH3 is 2. The summed E-state index contributed by atoms with van der Waals surface area (Å²) in [5.74, 6) is 2.36. The van der Waals surface area contributed by atoms with E-state index >= 15 is 0 Å². The predicted octanol–water partition coefficient (Wildman–Crippen LogP) is 5.70. The minimum absolute atomic E-state index is 0.103. The number of benzene rings is 2. The zero-order chi connectivity index (χ0) is 25.8. The molecule has 0 bridgehead atoms. The van der Waals surface area contributed by atoms with Crippen molar-refractivity contribution in [3.63, 3.8) is 0 Å². The van der Waals surface area contributed by atoms with Crippen LogP contribution in [0.25, 0.3) is 0 Å². The lowest BCUT2D eigenvalue weighted by Crippen LogP contribution is -2.31. The topological polar surface area (TPSA) is 78.4 Å². The molecule has 2 aromatic carbocycles. The summed E-state index contributed by atoms with van der Waals surface area (Å²) in [4.78, 5) is 17.9. The number of aryl methyl sites for hydroxylation is 2. The number of ether oxygens (including phenoxy) is 4. The van der Waals surface area contributed by atoms with Crippen LogP contribution in [0.2, 0.25) is 0 Å². The van der Waals surface area contributed by atoms with Crippen molar-refractivity contribution in [1.29, 1.82) is 0 Å². The summed E-state index contributed by atoms with van der Waals surface area (Å²) in [6, 6.07) is 9.71. The number of nitrogens with one attached hydrogen (secondary N) is 1. The van der Waals surface area contributed by atoms with Crippen molar-refractivity contribution in [2.45, 2.75) is 59.9 Å². The van der Waals surface area contributed by atoms with Crippen molar-refractivity contribution in [3.8, 4) is 17.2 Å². The van der Waals surface area contributed by atoms with Crippen molar-refractivity contribution < 1.29 is 23.7 Å². The average Bonchev–Trinajstić information content (AvgIpc) is 3.17. The summed E-state index contributed by atoms with van der Waals surface area (Å²) >= 11 is 0. The number of aliphatic imine (C=N–C) groups is 1. The molecule has 1 aliphatic heterocycles. The van der Waals surface area contributed by atoms with Gasteiger partial charge in [0.2, 0.25) is 11.8 Å². The Hall–Kier alpha value is -3.22. The number of nitrogens with zero attached hydrogens (tertiary/aromatic N) is 1. The van der Waals surface area contributed by atoms with E-state index in [9.17, 15) is 4.79 Å². The fraction of sp³-hybridized carbons (Fsp3) is 0.500. The molecule has 0 saturated carbocycles. The second-order valence-corrected chi connectivity index (χ2v) is 10.3. The van der Waals surface area contributed by atoms with Gasteiger partial charge in [0.05, 0.1) is 37.6 Å². The zero-order valence-corrected chi connectivity index (χ0v) is 22.2. The minimum Gasteiger partial charge on any atom is -0.496 e. The highest BCUT2D eigenvalue weighted by atomic mass is 16.5. The normalized spacial score (nSPS) is 14.7. The lowest BCUT2D eigenvalue weighted by Gasteiger charge is -2.25. The fourth-order valence-electron chi connectivity index (χ4n) is 3.85. The van der Waals surface area contributed by atoms with E-state index in [1.807, 2.05) is 47.6 Å². The summed E-state index contributed by atoms with van der Waals surface area (Å²) in [7, 11) is 3.15. The summed E-state index contributed by atoms with van der Waals surface area (Å²) < 4.78 is 22.9. The van der Waals surface area contributed by atoms with Crippen LogP contribution in [0.15, 0.2) is 35.3 Å². The summed E-state index contributed by atoms with van der Waals surface area (Å²) in [6.07, 6.45) is 1.41. The highest BCUT2D eigenvalue weighted by molar-refractivity contribution is 6.02. The Balaban J connectivity index is 1.70. The number of amides is 1. The number of carbonyl (C=O) groups excluding carboxylic acids is 1. The van der Waals surface area contributed by atoms with Crippen molar-refractivity contribution in [3.05, 3.63) is 47.0 Å². The van der Waals surface area contributed by atoms with Gasteiger partial charge in [0, 0.05) is 11.5 Å². The smallest absolute Gasteiger partial charge is 0.230 e. The molecule has 1 N–H and O–H groups in total. The molecular formula is C28H38N2O5. The number of anilines is 1. The Morgan fingerprint density at radius 2 is 1.80 bits per heavy atom. The number of carbonyl (C=O) groups is 1. The van der Waals surface area contributed by atoms with Gasteiger partial charge in [0.1, 0.15) is 23.9 Å². The number of hydrogen-bond donors (Lipinski definition) is 1. The molecule has 1 amide bonds. The van der Waals surface area contributed by atoms with Crippen LogP contribution in [-0.2, 0) is 9.53 Å². The zero-order valence-electron chi connectivity index (χ0n) is 22.2. The minimum atomic E-state index is -0.612. The van der Waals surface area contributed by atoms with Crippen LogP contribution in [0.3, 0.4) is 0 Å². The molecule has 0 radical (unpaired) electrons. The molecule has 0 spiro atoms. The van der Waals surface area contributed by atoms with E-state index in [4.69, 9.17) is 18.9 Å². The van der Waals surface area contributed by atoms with Gasteiger partial charge in [-0.1, -0.05) is 26.0 Å². The third-order valence-electron chi connectivity index (χ3n) is 6.13. The maximum atomic E-state index is 13.3. The van der Waals surface area contributed by atoms with E-state index in [-0.39, 0.29) is 11.4 Å². The Morgan fingerprint density at radius 1 is 1.09 bits per heavy atom. The standard InChI is InChI=1S/C28H38N2O5/c1-18-10-11-19(2)22(14-18)34-13-9-12-27(3,4)26(31)29-21-15-20(23(32-7)16-24(21)33-8)25-30-28(5,6)17-35-25/h10-11,14-16H,9,12-13,17H2,1-8H3,(H,29,31). The molecule has 0 saturated heterocycles. The van der Waals surface area contributed by atoms with E-state index in [1.54, 1.807) is 26.4 Å². The van der Waals surface area contributed by atoms with E-state index in [2.05, 4.69) is 22.4 Å². The first kappa shape index (κ1) is 26.4. The van der Waals surface area contributed by atoms with Crippen LogP contribution in [0.5, 0.6) is 17.2 Å². The molecule has 190 valence electrons. The SMILES string of the molecule is COc1cc(OC)c(C2=NC(C)(C)CO2)cc1NC(=O)C(C)(C)CCCOc1cc(C)ccc1C. The Bertz CT molecular complexity index is 1100. The van der Waals surface area contributed by atoms with Gasteiger partial charge < -0.3 is 24.3 Å². The van der Waals surface area contributed by atoms with E-state index in [0.717, 1.165) is 23.3 Å². The van der Waals surface area contributed by atoms with Gasteiger partial charge in [0.15, 0.2) is 0 Å². The fourth-order valence-corrected chi connectivity index (χ4v) is 3.85. The van der Waals surface area contributed by atoms with Gasteiger partial charge in [-0.25, -0.2) is 4.99 Å². The molecule has 1 heterocycles. The van der Waals surface area contributed by atoms with Crippen molar-refractivity contribution in [2.75, 3.05) is 32.8 Å². The van der Waals surface area contributed by atoms with Gasteiger partial charge >= 0.3 is 0 Å². The Morgan fingerprint density at radius 3 is 2.43 bits per heavy atom. The van der Waals surface area contributed by atoms with Crippen LogP contribution < -0.4 is 19.5 Å². The van der Waals surface area contributed by atoms with Gasteiger partial charge in [-0.2, -0.15) is 0 Å². The number of rotatable bonds is 10. The Labute approximate surface area is 208 Å². The third-order valence-corrected chi connectivity index (χ3v) is 6.13. The summed E-state index contributed by atoms with van der Waals surface area (Å²) in [5.41, 5.74) is 2.56. The quantitative estimate of drug-likeness (QED) is 0.440. The molecule has 0 aromatic heterocycles. The first-order valence-electron chi connectivity index (χ1n) is 12.0. The number of hydrogen-bond acceptors (Lipinski definition) is 6. The second kappa shape index (κ2) is 10.6. The predicted molar refractivity (Wildman–Crippen MR) is 139 cm³/mol. The van der Waals surface area contributed by atoms with Crippen molar-refractivity contribution in [2.24, 2.45) is 10.4 Å². The molecule has 35 heavy (non-hydrogen) atoms. The first-order chi connectivity index (χ1) is 16.5. The second-order valence-electron chi connectivity index (χ2n) is 10.3. The van der Waals surface area contributed by atoms with Gasteiger partial charge in [-0.05, 0) is 63.8 Å². The molecule has 0 atom stereocenters. The highest BCUT2D eigenvalue weighted by Crippen LogP contribution is 2.37. The van der Waals surface area contributed by atoms with Gasteiger partial charge in [-0.15, -0.1) is 0 Å². The maximum absolute atomic E-state index is 13.3.